The average molecular weight is 392 g/mol. The Balaban J connectivity index is 1.16. The van der Waals surface area contributed by atoms with E-state index in [2.05, 4.69) is 42.3 Å². The molecule has 150 valence electrons. The third-order valence-corrected chi connectivity index (χ3v) is 5.58. The van der Waals surface area contributed by atoms with E-state index in [-0.39, 0.29) is 5.56 Å². The highest BCUT2D eigenvalue weighted by Crippen LogP contribution is 2.38. The number of nitrogens with zero attached hydrogens (tertiary/aromatic N) is 8. The van der Waals surface area contributed by atoms with Crippen molar-refractivity contribution in [2.75, 3.05) is 37.6 Å². The molecule has 4 heterocycles. The lowest BCUT2D eigenvalue weighted by Gasteiger charge is -2.35. The summed E-state index contributed by atoms with van der Waals surface area (Å²) in [6.45, 7) is 5.03. The van der Waals surface area contributed by atoms with Crippen LogP contribution in [0.1, 0.15) is 24.5 Å². The molecule has 1 saturated carbocycles. The van der Waals surface area contributed by atoms with Crippen LogP contribution in [0.15, 0.2) is 47.5 Å². The van der Waals surface area contributed by atoms with Crippen molar-refractivity contribution in [1.82, 2.24) is 34.7 Å². The van der Waals surface area contributed by atoms with Gasteiger partial charge in [-0.05, 0) is 37.1 Å². The van der Waals surface area contributed by atoms with Gasteiger partial charge in [0.05, 0.1) is 12.2 Å². The maximum Gasteiger partial charge on any atom is 0.266 e. The van der Waals surface area contributed by atoms with E-state index in [0.717, 1.165) is 44.2 Å². The van der Waals surface area contributed by atoms with Gasteiger partial charge in [0.2, 0.25) is 0 Å². The van der Waals surface area contributed by atoms with Crippen molar-refractivity contribution < 1.29 is 0 Å². The zero-order valence-electron chi connectivity index (χ0n) is 16.3. The minimum atomic E-state index is -0.0921. The van der Waals surface area contributed by atoms with Crippen LogP contribution in [0.5, 0.6) is 0 Å². The molecule has 0 atom stereocenters. The molecule has 3 aromatic heterocycles. The van der Waals surface area contributed by atoms with Crippen LogP contribution in [-0.2, 0) is 6.54 Å². The van der Waals surface area contributed by atoms with E-state index < -0.39 is 0 Å². The van der Waals surface area contributed by atoms with Crippen molar-refractivity contribution in [2.45, 2.75) is 25.3 Å². The minimum Gasteiger partial charge on any atom is -0.353 e. The highest BCUT2D eigenvalue weighted by Gasteiger charge is 2.26. The van der Waals surface area contributed by atoms with Crippen molar-refractivity contribution in [3.63, 3.8) is 0 Å². The SMILES string of the molecule is O=c1ccc(-n2cccn2)nn1CCN1CCN(c2ccc(C3CC3)nn2)CC1. The predicted molar refractivity (Wildman–Crippen MR) is 108 cm³/mol. The highest BCUT2D eigenvalue weighted by atomic mass is 16.1. The van der Waals surface area contributed by atoms with Gasteiger partial charge in [-0.1, -0.05) is 0 Å². The molecule has 0 N–H and O–H groups in total. The van der Waals surface area contributed by atoms with Crippen LogP contribution in [-0.4, -0.2) is 67.4 Å². The van der Waals surface area contributed by atoms with Gasteiger partial charge in [0.25, 0.3) is 5.56 Å². The number of rotatable bonds is 6. The molecule has 9 nitrogen and oxygen atoms in total. The lowest BCUT2D eigenvalue weighted by Crippen LogP contribution is -2.48. The molecule has 0 unspecified atom stereocenters. The summed E-state index contributed by atoms with van der Waals surface area (Å²) in [5, 5.41) is 17.4. The first kappa shape index (κ1) is 18.0. The number of aromatic nitrogens is 6. The summed E-state index contributed by atoms with van der Waals surface area (Å²) in [7, 11) is 0. The molecule has 1 saturated heterocycles. The van der Waals surface area contributed by atoms with Crippen molar-refractivity contribution in [2.24, 2.45) is 0 Å². The van der Waals surface area contributed by atoms with E-state index >= 15 is 0 Å². The van der Waals surface area contributed by atoms with Crippen molar-refractivity contribution >= 4 is 5.82 Å². The number of hydrogen-bond donors (Lipinski definition) is 0. The quantitative estimate of drug-likeness (QED) is 0.617. The second-order valence-electron chi connectivity index (χ2n) is 7.62. The van der Waals surface area contributed by atoms with Gasteiger partial charge in [0.15, 0.2) is 11.6 Å². The number of hydrogen-bond acceptors (Lipinski definition) is 7. The fraction of sp³-hybridized carbons (Fsp3) is 0.450. The van der Waals surface area contributed by atoms with E-state index in [0.29, 0.717) is 18.3 Å². The van der Waals surface area contributed by atoms with E-state index in [1.54, 1.807) is 23.0 Å². The first-order valence-corrected chi connectivity index (χ1v) is 10.2. The average Bonchev–Trinajstić information content (AvgIpc) is 3.48. The maximum absolute atomic E-state index is 12.2. The van der Waals surface area contributed by atoms with Gasteiger partial charge in [-0.3, -0.25) is 9.69 Å². The van der Waals surface area contributed by atoms with Gasteiger partial charge in [0.1, 0.15) is 0 Å². The van der Waals surface area contributed by atoms with Crippen LogP contribution in [0.25, 0.3) is 5.82 Å². The summed E-state index contributed by atoms with van der Waals surface area (Å²) in [4.78, 5) is 16.8. The van der Waals surface area contributed by atoms with Crippen molar-refractivity contribution in [3.8, 4) is 5.82 Å². The number of piperazine rings is 1. The first-order valence-electron chi connectivity index (χ1n) is 10.2. The fourth-order valence-corrected chi connectivity index (χ4v) is 3.66. The Morgan fingerprint density at radius 3 is 2.45 bits per heavy atom. The summed E-state index contributed by atoms with van der Waals surface area (Å²) < 4.78 is 3.18. The van der Waals surface area contributed by atoms with Gasteiger partial charge in [-0.2, -0.15) is 10.2 Å². The molecule has 0 bridgehead atoms. The van der Waals surface area contributed by atoms with Gasteiger partial charge in [-0.15, -0.1) is 10.2 Å². The summed E-state index contributed by atoms with van der Waals surface area (Å²) in [6, 6.07) is 9.30. The molecule has 2 aliphatic rings. The monoisotopic (exact) mass is 392 g/mol. The normalized spacial score (nSPS) is 17.6. The lowest BCUT2D eigenvalue weighted by molar-refractivity contribution is 0.242. The van der Waals surface area contributed by atoms with Crippen LogP contribution >= 0.6 is 0 Å². The Bertz CT molecular complexity index is 1000. The molecule has 0 spiro atoms. The van der Waals surface area contributed by atoms with Crippen LogP contribution in [0, 0.1) is 0 Å². The van der Waals surface area contributed by atoms with Gasteiger partial charge < -0.3 is 4.90 Å². The third kappa shape index (κ3) is 4.04. The Morgan fingerprint density at radius 2 is 1.76 bits per heavy atom. The van der Waals surface area contributed by atoms with Gasteiger partial charge >= 0.3 is 0 Å². The topological polar surface area (TPSA) is 85.0 Å². The second-order valence-corrected chi connectivity index (χ2v) is 7.62. The zero-order valence-corrected chi connectivity index (χ0v) is 16.3. The van der Waals surface area contributed by atoms with Crippen LogP contribution in [0.4, 0.5) is 5.82 Å². The minimum absolute atomic E-state index is 0.0921. The molecule has 0 amide bonds. The molecule has 2 fully saturated rings. The highest BCUT2D eigenvalue weighted by molar-refractivity contribution is 5.38. The maximum atomic E-state index is 12.2. The summed E-state index contributed by atoms with van der Waals surface area (Å²) in [5.41, 5.74) is 1.04. The molecule has 5 rings (SSSR count). The first-order chi connectivity index (χ1) is 14.3. The van der Waals surface area contributed by atoms with Crippen LogP contribution in [0.2, 0.25) is 0 Å². The van der Waals surface area contributed by atoms with Crippen molar-refractivity contribution in [1.29, 1.82) is 0 Å². The van der Waals surface area contributed by atoms with E-state index in [1.807, 2.05) is 12.3 Å². The molecular formula is C20H24N8O. The lowest BCUT2D eigenvalue weighted by atomic mass is 10.2. The molecule has 9 heteroatoms. The standard InChI is InChI=1S/C20H24N8O/c29-20-7-6-19(27-9-1-8-21-27)24-28(20)15-12-25-10-13-26(14-11-25)18-5-4-17(22-23-18)16-2-3-16/h1,4-9,16H,2-3,10-15H2. The second kappa shape index (κ2) is 7.75. The van der Waals surface area contributed by atoms with E-state index in [4.69, 9.17) is 0 Å². The summed E-state index contributed by atoms with van der Waals surface area (Å²) >= 11 is 0. The predicted octanol–water partition coefficient (Wildman–Crippen LogP) is 0.919. The number of anilines is 1. The molecule has 0 aromatic carbocycles. The summed E-state index contributed by atoms with van der Waals surface area (Å²) in [5.74, 6) is 2.24. The van der Waals surface area contributed by atoms with Crippen molar-refractivity contribution in [3.05, 3.63) is 58.8 Å². The van der Waals surface area contributed by atoms with Gasteiger partial charge in [0, 0.05) is 57.1 Å². The largest absolute Gasteiger partial charge is 0.353 e. The van der Waals surface area contributed by atoms with E-state index in [9.17, 15) is 4.79 Å². The van der Waals surface area contributed by atoms with Gasteiger partial charge in [-0.25, -0.2) is 9.36 Å². The molecule has 29 heavy (non-hydrogen) atoms. The molecule has 0 radical (unpaired) electrons. The van der Waals surface area contributed by atoms with Crippen LogP contribution in [0.3, 0.4) is 0 Å². The molecule has 3 aromatic rings. The van der Waals surface area contributed by atoms with Crippen LogP contribution < -0.4 is 10.5 Å². The molecule has 1 aliphatic heterocycles. The molecule has 1 aliphatic carbocycles. The Labute approximate surface area is 168 Å². The Kier molecular flexibility index (Phi) is 4.81. The van der Waals surface area contributed by atoms with E-state index in [1.165, 1.54) is 17.5 Å². The summed E-state index contributed by atoms with van der Waals surface area (Å²) in [6.07, 6.45) is 6.00. The molecular weight excluding hydrogens is 368 g/mol. The fourth-order valence-electron chi connectivity index (χ4n) is 3.66. The Morgan fingerprint density at radius 1 is 0.931 bits per heavy atom. The zero-order chi connectivity index (χ0) is 19.6. The smallest absolute Gasteiger partial charge is 0.266 e. The Hall–Kier alpha value is -3.07. The third-order valence-electron chi connectivity index (χ3n) is 5.58.